The first-order chi connectivity index (χ1) is 11.3. The maximum atomic E-state index is 13.0. The van der Waals surface area contributed by atoms with Crippen molar-refractivity contribution in [3.05, 3.63) is 96.1 Å². The van der Waals surface area contributed by atoms with E-state index in [1.165, 1.54) is 0 Å². The zero-order valence-electron chi connectivity index (χ0n) is 12.6. The van der Waals surface area contributed by atoms with E-state index in [9.17, 15) is 4.79 Å². The van der Waals surface area contributed by atoms with Crippen LogP contribution in [0.2, 0.25) is 0 Å². The Labute approximate surface area is 135 Å². The Balaban J connectivity index is 2.02. The Morgan fingerprint density at radius 1 is 0.739 bits per heavy atom. The van der Waals surface area contributed by atoms with E-state index >= 15 is 0 Å². The smallest absolute Gasteiger partial charge is 0.262 e. The Bertz CT molecular complexity index is 728. The monoisotopic (exact) mass is 303 g/mol. The molecule has 0 bridgehead atoms. The molecule has 0 saturated carbocycles. The molecule has 1 N–H and O–H groups in total. The molecule has 3 heteroatoms. The second kappa shape index (κ2) is 6.90. The Hall–Kier alpha value is -2.91. The number of nitrogens with zero attached hydrogens (tertiary/aromatic N) is 1. The first-order valence-electron chi connectivity index (χ1n) is 7.44. The number of hydrogen-bond donors (Lipinski definition) is 1. The number of para-hydroxylation sites is 2. The van der Waals surface area contributed by atoms with Crippen molar-refractivity contribution in [1.29, 1.82) is 0 Å². The lowest BCUT2D eigenvalue weighted by molar-refractivity contribution is 0.0999. The van der Waals surface area contributed by atoms with Crippen LogP contribution in [-0.2, 0) is 6.61 Å². The molecule has 1 amide bonds. The van der Waals surface area contributed by atoms with Gasteiger partial charge in [-0.1, -0.05) is 48.5 Å². The lowest BCUT2D eigenvalue weighted by atomic mass is 10.1. The molecule has 0 aromatic heterocycles. The van der Waals surface area contributed by atoms with Crippen molar-refractivity contribution in [3.63, 3.8) is 0 Å². The molecule has 0 heterocycles. The summed E-state index contributed by atoms with van der Waals surface area (Å²) in [6.45, 7) is -0.0322. The van der Waals surface area contributed by atoms with Crippen LogP contribution in [-0.4, -0.2) is 11.0 Å². The average Bonchev–Trinajstić information content (AvgIpc) is 2.64. The molecule has 3 nitrogen and oxygen atoms in total. The minimum Gasteiger partial charge on any atom is -0.392 e. The van der Waals surface area contributed by atoms with E-state index < -0.39 is 0 Å². The van der Waals surface area contributed by atoms with Crippen molar-refractivity contribution in [2.24, 2.45) is 0 Å². The van der Waals surface area contributed by atoms with Gasteiger partial charge in [0, 0.05) is 16.9 Å². The van der Waals surface area contributed by atoms with Crippen LogP contribution in [0.25, 0.3) is 0 Å². The number of hydrogen-bond acceptors (Lipinski definition) is 2. The molecule has 0 spiro atoms. The van der Waals surface area contributed by atoms with Crippen LogP contribution in [0, 0.1) is 0 Å². The van der Waals surface area contributed by atoms with E-state index in [0.717, 1.165) is 16.9 Å². The zero-order valence-corrected chi connectivity index (χ0v) is 12.6. The predicted molar refractivity (Wildman–Crippen MR) is 91.7 cm³/mol. The average molecular weight is 303 g/mol. The van der Waals surface area contributed by atoms with Crippen LogP contribution in [0.1, 0.15) is 15.9 Å². The van der Waals surface area contributed by atoms with Gasteiger partial charge in [-0.25, -0.2) is 0 Å². The topological polar surface area (TPSA) is 40.5 Å². The van der Waals surface area contributed by atoms with E-state index in [0.29, 0.717) is 5.56 Å². The standard InChI is InChI=1S/C20H17NO2/c22-15-16-11-13-17(14-12-16)20(23)21(18-7-3-1-4-8-18)19-9-5-2-6-10-19/h1-14,22H,15H2. The molecule has 114 valence electrons. The maximum Gasteiger partial charge on any atom is 0.262 e. The molecule has 23 heavy (non-hydrogen) atoms. The van der Waals surface area contributed by atoms with Crippen LogP contribution in [0.15, 0.2) is 84.9 Å². The number of amides is 1. The van der Waals surface area contributed by atoms with Gasteiger partial charge in [-0.05, 0) is 42.0 Å². The van der Waals surface area contributed by atoms with Gasteiger partial charge in [-0.15, -0.1) is 0 Å². The summed E-state index contributed by atoms with van der Waals surface area (Å²) in [6, 6.07) is 26.1. The fourth-order valence-corrected chi connectivity index (χ4v) is 2.42. The maximum absolute atomic E-state index is 13.0. The van der Waals surface area contributed by atoms with Gasteiger partial charge in [-0.3, -0.25) is 9.69 Å². The number of aliphatic hydroxyl groups excluding tert-OH is 1. The first kappa shape index (κ1) is 15.0. The number of anilines is 2. The first-order valence-corrected chi connectivity index (χ1v) is 7.44. The van der Waals surface area contributed by atoms with Gasteiger partial charge in [0.1, 0.15) is 0 Å². The Kier molecular flexibility index (Phi) is 4.50. The molecule has 3 rings (SSSR count). The normalized spacial score (nSPS) is 10.3. The zero-order chi connectivity index (χ0) is 16.1. The van der Waals surface area contributed by atoms with E-state index in [-0.39, 0.29) is 12.5 Å². The molecule has 0 saturated heterocycles. The van der Waals surface area contributed by atoms with Crippen LogP contribution in [0.3, 0.4) is 0 Å². The molecule has 0 unspecified atom stereocenters. The fourth-order valence-electron chi connectivity index (χ4n) is 2.42. The van der Waals surface area contributed by atoms with Crippen LogP contribution < -0.4 is 4.90 Å². The van der Waals surface area contributed by atoms with Gasteiger partial charge in [-0.2, -0.15) is 0 Å². The summed E-state index contributed by atoms with van der Waals surface area (Å²) in [5.41, 5.74) is 2.99. The molecule has 0 aliphatic carbocycles. The third-order valence-corrected chi connectivity index (χ3v) is 3.62. The minimum absolute atomic E-state index is 0.0322. The number of carbonyl (C=O) groups is 1. The highest BCUT2D eigenvalue weighted by atomic mass is 16.3. The third-order valence-electron chi connectivity index (χ3n) is 3.62. The molecule has 3 aromatic rings. The van der Waals surface area contributed by atoms with Crippen LogP contribution in [0.5, 0.6) is 0 Å². The van der Waals surface area contributed by atoms with E-state index in [1.54, 1.807) is 29.2 Å². The van der Waals surface area contributed by atoms with Crippen molar-refractivity contribution in [2.45, 2.75) is 6.61 Å². The van der Waals surface area contributed by atoms with E-state index in [2.05, 4.69) is 0 Å². The number of aliphatic hydroxyl groups is 1. The van der Waals surface area contributed by atoms with E-state index in [4.69, 9.17) is 5.11 Å². The van der Waals surface area contributed by atoms with Gasteiger partial charge in [0.05, 0.1) is 6.61 Å². The number of carbonyl (C=O) groups excluding carboxylic acids is 1. The van der Waals surface area contributed by atoms with Crippen LogP contribution >= 0.6 is 0 Å². The van der Waals surface area contributed by atoms with Crippen LogP contribution in [0.4, 0.5) is 11.4 Å². The molecule has 0 atom stereocenters. The van der Waals surface area contributed by atoms with Crippen molar-refractivity contribution < 1.29 is 9.90 Å². The second-order valence-electron chi connectivity index (χ2n) is 5.17. The highest BCUT2D eigenvalue weighted by molar-refractivity contribution is 6.10. The van der Waals surface area contributed by atoms with Crippen molar-refractivity contribution in [1.82, 2.24) is 0 Å². The minimum atomic E-state index is -0.105. The summed E-state index contributed by atoms with van der Waals surface area (Å²) in [5, 5.41) is 9.14. The van der Waals surface area contributed by atoms with Gasteiger partial charge < -0.3 is 5.11 Å². The fraction of sp³-hybridized carbons (Fsp3) is 0.0500. The molecule has 0 fully saturated rings. The Morgan fingerprint density at radius 3 is 1.65 bits per heavy atom. The largest absolute Gasteiger partial charge is 0.392 e. The molecule has 3 aromatic carbocycles. The highest BCUT2D eigenvalue weighted by Crippen LogP contribution is 2.27. The highest BCUT2D eigenvalue weighted by Gasteiger charge is 2.19. The SMILES string of the molecule is O=C(c1ccc(CO)cc1)N(c1ccccc1)c1ccccc1. The van der Waals surface area contributed by atoms with Crippen molar-refractivity contribution in [3.8, 4) is 0 Å². The summed E-state index contributed by atoms with van der Waals surface area (Å²) >= 11 is 0. The van der Waals surface area contributed by atoms with Gasteiger partial charge in [0.2, 0.25) is 0 Å². The second-order valence-corrected chi connectivity index (χ2v) is 5.17. The summed E-state index contributed by atoms with van der Waals surface area (Å²) in [4.78, 5) is 14.7. The lowest BCUT2D eigenvalue weighted by Gasteiger charge is -2.23. The van der Waals surface area contributed by atoms with Crippen molar-refractivity contribution in [2.75, 3.05) is 4.90 Å². The number of rotatable bonds is 4. The summed E-state index contributed by atoms with van der Waals surface area (Å²) in [6.07, 6.45) is 0. The third kappa shape index (κ3) is 3.30. The van der Waals surface area contributed by atoms with Crippen molar-refractivity contribution >= 4 is 17.3 Å². The summed E-state index contributed by atoms with van der Waals surface area (Å²) in [7, 11) is 0. The summed E-state index contributed by atoms with van der Waals surface area (Å²) < 4.78 is 0. The van der Waals surface area contributed by atoms with Gasteiger partial charge in [0.25, 0.3) is 5.91 Å². The Morgan fingerprint density at radius 2 is 1.22 bits per heavy atom. The quantitative estimate of drug-likeness (QED) is 0.786. The van der Waals surface area contributed by atoms with E-state index in [1.807, 2.05) is 60.7 Å². The molecule has 0 aliphatic rings. The molecule has 0 aliphatic heterocycles. The van der Waals surface area contributed by atoms with Gasteiger partial charge >= 0.3 is 0 Å². The predicted octanol–water partition coefficient (Wildman–Crippen LogP) is 4.16. The number of benzene rings is 3. The molecule has 0 radical (unpaired) electrons. The lowest BCUT2D eigenvalue weighted by Crippen LogP contribution is -2.25. The van der Waals surface area contributed by atoms with Gasteiger partial charge in [0.15, 0.2) is 0 Å². The molecular weight excluding hydrogens is 286 g/mol. The molecular formula is C20H17NO2. The summed E-state index contributed by atoms with van der Waals surface area (Å²) in [5.74, 6) is -0.105.